The van der Waals surface area contributed by atoms with Crippen LogP contribution in [0.15, 0.2) is 24.3 Å². The van der Waals surface area contributed by atoms with Crippen molar-refractivity contribution in [3.05, 3.63) is 29.8 Å². The summed E-state index contributed by atoms with van der Waals surface area (Å²) in [5.74, 6) is 0. The summed E-state index contributed by atoms with van der Waals surface area (Å²) in [4.78, 5) is 5.10. The van der Waals surface area contributed by atoms with E-state index in [1.807, 2.05) is 24.3 Å². The molecule has 2 rings (SSSR count). The second-order valence-corrected chi connectivity index (χ2v) is 3.42. The van der Waals surface area contributed by atoms with Crippen molar-refractivity contribution < 1.29 is 9.94 Å². The molecule has 4 nitrogen and oxygen atoms in total. The van der Waals surface area contributed by atoms with E-state index < -0.39 is 6.23 Å². The lowest BCUT2D eigenvalue weighted by atomic mass is 9.99. The molecule has 0 aromatic heterocycles. The minimum absolute atomic E-state index is 0.301. The van der Waals surface area contributed by atoms with Crippen molar-refractivity contribution in [3.63, 3.8) is 0 Å². The number of para-hydroxylation sites is 1. The van der Waals surface area contributed by atoms with Crippen LogP contribution in [-0.2, 0) is 11.3 Å². The summed E-state index contributed by atoms with van der Waals surface area (Å²) in [6, 6.07) is 7.47. The summed E-state index contributed by atoms with van der Waals surface area (Å²) < 4.78 is 0. The molecule has 1 aromatic rings. The van der Waals surface area contributed by atoms with Gasteiger partial charge in [0.05, 0.1) is 18.8 Å². The van der Waals surface area contributed by atoms with Gasteiger partial charge in [-0.05, 0) is 18.1 Å². The molecule has 0 aliphatic carbocycles. The zero-order valence-electron chi connectivity index (χ0n) is 8.05. The van der Waals surface area contributed by atoms with Gasteiger partial charge in [-0.3, -0.25) is 4.84 Å². The van der Waals surface area contributed by atoms with Crippen molar-refractivity contribution in [2.24, 2.45) is 5.73 Å². The molecule has 76 valence electrons. The molecular formula is C10H14N2O2. The van der Waals surface area contributed by atoms with Crippen LogP contribution in [-0.4, -0.2) is 24.5 Å². The van der Waals surface area contributed by atoms with E-state index in [9.17, 15) is 5.11 Å². The van der Waals surface area contributed by atoms with Crippen LogP contribution in [0.4, 0.5) is 5.69 Å². The number of fused-ring (bicyclic) bond motifs is 1. The molecule has 1 aliphatic rings. The number of aliphatic hydroxyl groups excluding tert-OH is 1. The summed E-state index contributed by atoms with van der Waals surface area (Å²) in [5.41, 5.74) is 7.78. The van der Waals surface area contributed by atoms with Crippen molar-refractivity contribution >= 4 is 5.69 Å². The van der Waals surface area contributed by atoms with Crippen molar-refractivity contribution in [2.75, 3.05) is 12.2 Å². The second-order valence-electron chi connectivity index (χ2n) is 3.42. The van der Waals surface area contributed by atoms with E-state index in [4.69, 9.17) is 10.6 Å². The van der Waals surface area contributed by atoms with Gasteiger partial charge >= 0.3 is 0 Å². The van der Waals surface area contributed by atoms with E-state index in [1.54, 1.807) is 0 Å². The van der Waals surface area contributed by atoms with E-state index in [0.717, 1.165) is 11.3 Å². The third-order valence-corrected chi connectivity index (χ3v) is 2.50. The maximum absolute atomic E-state index is 9.76. The van der Waals surface area contributed by atoms with Gasteiger partial charge in [0.25, 0.3) is 0 Å². The number of benzene rings is 1. The van der Waals surface area contributed by atoms with Crippen LogP contribution in [0, 0.1) is 0 Å². The molecule has 14 heavy (non-hydrogen) atoms. The first-order chi connectivity index (χ1) is 6.74. The number of hydroxylamine groups is 1. The van der Waals surface area contributed by atoms with E-state index in [0.29, 0.717) is 6.42 Å². The monoisotopic (exact) mass is 194 g/mol. The predicted molar refractivity (Wildman–Crippen MR) is 53.6 cm³/mol. The largest absolute Gasteiger partial charge is 0.370 e. The quantitative estimate of drug-likeness (QED) is 0.673. The Kier molecular flexibility index (Phi) is 2.41. The molecule has 2 atom stereocenters. The zero-order chi connectivity index (χ0) is 10.1. The Morgan fingerprint density at radius 3 is 2.93 bits per heavy atom. The van der Waals surface area contributed by atoms with Gasteiger partial charge in [-0.25, -0.2) is 5.06 Å². The highest BCUT2D eigenvalue weighted by molar-refractivity contribution is 5.54. The van der Waals surface area contributed by atoms with Gasteiger partial charge in [0.15, 0.2) is 6.23 Å². The molecular weight excluding hydrogens is 180 g/mol. The number of rotatable bonds is 1. The maximum atomic E-state index is 9.76. The summed E-state index contributed by atoms with van der Waals surface area (Å²) in [6.07, 6.45) is -0.0908. The maximum Gasteiger partial charge on any atom is 0.166 e. The highest BCUT2D eigenvalue weighted by Crippen LogP contribution is 2.28. The highest BCUT2D eigenvalue weighted by atomic mass is 16.7. The van der Waals surface area contributed by atoms with Crippen LogP contribution in [0.5, 0.6) is 0 Å². The van der Waals surface area contributed by atoms with Crippen molar-refractivity contribution in [2.45, 2.75) is 18.7 Å². The Morgan fingerprint density at radius 1 is 1.50 bits per heavy atom. The van der Waals surface area contributed by atoms with Gasteiger partial charge < -0.3 is 10.8 Å². The predicted octanol–water partition coefficient (Wildman–Crippen LogP) is 0.256. The van der Waals surface area contributed by atoms with Crippen LogP contribution >= 0.6 is 0 Å². The number of hydrogen-bond donors (Lipinski definition) is 2. The fourth-order valence-corrected chi connectivity index (χ4v) is 1.78. The van der Waals surface area contributed by atoms with Crippen molar-refractivity contribution in [3.8, 4) is 0 Å². The Bertz CT molecular complexity index is 330. The second kappa shape index (κ2) is 3.57. The smallest absolute Gasteiger partial charge is 0.166 e. The summed E-state index contributed by atoms with van der Waals surface area (Å²) in [6.45, 7) is 0. The van der Waals surface area contributed by atoms with Crippen LogP contribution in [0.2, 0.25) is 0 Å². The van der Waals surface area contributed by atoms with Crippen LogP contribution < -0.4 is 10.8 Å². The van der Waals surface area contributed by atoms with Gasteiger partial charge in [0.1, 0.15) is 0 Å². The molecule has 3 N–H and O–H groups in total. The van der Waals surface area contributed by atoms with Crippen LogP contribution in [0.1, 0.15) is 5.56 Å². The van der Waals surface area contributed by atoms with E-state index in [1.165, 1.54) is 12.2 Å². The lowest BCUT2D eigenvalue weighted by Gasteiger charge is -2.36. The van der Waals surface area contributed by atoms with Gasteiger partial charge in [0.2, 0.25) is 0 Å². The number of aliphatic hydroxyl groups is 1. The number of hydrogen-bond acceptors (Lipinski definition) is 4. The van der Waals surface area contributed by atoms with Crippen molar-refractivity contribution in [1.82, 2.24) is 0 Å². The molecule has 0 radical (unpaired) electrons. The molecule has 0 bridgehead atoms. The first kappa shape index (κ1) is 9.45. The summed E-state index contributed by atoms with van der Waals surface area (Å²) >= 11 is 0. The lowest BCUT2D eigenvalue weighted by Crippen LogP contribution is -2.52. The van der Waals surface area contributed by atoms with Crippen LogP contribution in [0.25, 0.3) is 0 Å². The summed E-state index contributed by atoms with van der Waals surface area (Å²) in [7, 11) is 1.53. The average Bonchev–Trinajstić information content (AvgIpc) is 2.20. The fraction of sp³-hybridized carbons (Fsp3) is 0.400. The minimum atomic E-state index is -0.769. The molecule has 0 amide bonds. The third kappa shape index (κ3) is 1.37. The first-order valence-electron chi connectivity index (χ1n) is 4.59. The van der Waals surface area contributed by atoms with Crippen LogP contribution in [0.3, 0.4) is 0 Å². The average molecular weight is 194 g/mol. The number of nitrogens with two attached hydrogens (primary N) is 1. The highest BCUT2D eigenvalue weighted by Gasteiger charge is 2.30. The standard InChI is InChI=1S/C10H14N2O2/c1-14-12-9-5-3-2-4-7(9)6-8(11)10(12)13/h2-5,8,10,13H,6,11H2,1H3/t8-,10-/m1/s1. The third-order valence-electron chi connectivity index (χ3n) is 2.50. The lowest BCUT2D eigenvalue weighted by molar-refractivity contribution is 0.0141. The first-order valence-corrected chi connectivity index (χ1v) is 4.59. The Labute approximate surface area is 82.8 Å². The topological polar surface area (TPSA) is 58.7 Å². The van der Waals surface area contributed by atoms with Gasteiger partial charge in [-0.15, -0.1) is 0 Å². The Balaban J connectivity index is 2.42. The SMILES string of the molecule is CON1c2ccccc2C[C@@H](N)[C@H]1O. The number of anilines is 1. The molecule has 1 heterocycles. The zero-order valence-corrected chi connectivity index (χ0v) is 8.05. The number of nitrogens with zero attached hydrogens (tertiary/aromatic N) is 1. The van der Waals surface area contributed by atoms with Gasteiger partial charge in [0, 0.05) is 0 Å². The summed E-state index contributed by atoms with van der Waals surface area (Å²) in [5, 5.41) is 11.2. The molecule has 4 heteroatoms. The fourth-order valence-electron chi connectivity index (χ4n) is 1.78. The Morgan fingerprint density at radius 2 is 2.21 bits per heavy atom. The minimum Gasteiger partial charge on any atom is -0.370 e. The normalized spacial score (nSPS) is 26.1. The molecule has 0 spiro atoms. The van der Waals surface area contributed by atoms with E-state index in [2.05, 4.69) is 0 Å². The molecule has 0 saturated heterocycles. The molecule has 0 fully saturated rings. The van der Waals surface area contributed by atoms with Gasteiger partial charge in [-0.2, -0.15) is 0 Å². The Hall–Kier alpha value is -1.10. The molecule has 1 aromatic carbocycles. The van der Waals surface area contributed by atoms with Crippen molar-refractivity contribution in [1.29, 1.82) is 0 Å². The van der Waals surface area contributed by atoms with Gasteiger partial charge in [-0.1, -0.05) is 18.2 Å². The molecule has 0 unspecified atom stereocenters. The van der Waals surface area contributed by atoms with E-state index >= 15 is 0 Å². The molecule has 1 aliphatic heterocycles. The molecule has 0 saturated carbocycles. The van der Waals surface area contributed by atoms with E-state index in [-0.39, 0.29) is 6.04 Å².